The molecule has 6 heteroatoms. The van der Waals surface area contributed by atoms with Gasteiger partial charge in [-0.1, -0.05) is 285 Å². The number of anilines is 6. The van der Waals surface area contributed by atoms with Crippen molar-refractivity contribution in [1.82, 2.24) is 9.13 Å². The summed E-state index contributed by atoms with van der Waals surface area (Å²) in [6, 6.07) is 156. The zero-order valence-electron chi connectivity index (χ0n) is 64.0. The lowest BCUT2D eigenvalue weighted by atomic mass is 9.91. The minimum atomic E-state index is 0.847. The summed E-state index contributed by atoms with van der Waals surface area (Å²) < 4.78 is 18.5. The van der Waals surface area contributed by atoms with Crippen LogP contribution in [0.4, 0.5) is 34.1 Å². The zero-order chi connectivity index (χ0) is 77.5. The summed E-state index contributed by atoms with van der Waals surface area (Å²) >= 11 is 0. The molecule has 0 spiro atoms. The fourth-order valence-corrected chi connectivity index (χ4v) is 18.9. The molecule has 0 saturated heterocycles. The van der Waals surface area contributed by atoms with Gasteiger partial charge in [-0.15, -0.1) is 0 Å². The van der Waals surface area contributed by atoms with Gasteiger partial charge in [0.25, 0.3) is 0 Å². The Bertz CT molecular complexity index is 8160. The van der Waals surface area contributed by atoms with Crippen LogP contribution in [-0.2, 0) is 0 Å². The van der Waals surface area contributed by atoms with Crippen molar-refractivity contribution in [1.29, 1.82) is 0 Å². The second kappa shape index (κ2) is 27.0. The molecule has 24 rings (SSSR count). The quantitative estimate of drug-likeness (QED) is 0.108. The maximum absolute atomic E-state index is 6.92. The smallest absolute Gasteiger partial charge is 0.145 e. The third-order valence-electron chi connectivity index (χ3n) is 24.4. The van der Waals surface area contributed by atoms with Crippen LogP contribution >= 0.6 is 0 Å². The molecule has 0 saturated carbocycles. The average molecular weight is 1500 g/mol. The Morgan fingerprint density at radius 3 is 1.37 bits per heavy atom. The molecule has 0 aliphatic carbocycles. The molecular formula is C112H70N4O2. The predicted octanol–water partition coefficient (Wildman–Crippen LogP) is 31.6. The Kier molecular flexibility index (Phi) is 15.3. The van der Waals surface area contributed by atoms with E-state index in [-0.39, 0.29) is 0 Å². The molecule has 0 radical (unpaired) electrons. The molecular weight excluding hydrogens is 1430 g/mol. The molecule has 4 heterocycles. The summed E-state index contributed by atoms with van der Waals surface area (Å²) in [7, 11) is 0. The lowest BCUT2D eigenvalue weighted by Crippen LogP contribution is -2.10. The number of benzene rings is 20. The van der Waals surface area contributed by atoms with Crippen LogP contribution in [0.25, 0.3) is 198 Å². The second-order valence-electron chi connectivity index (χ2n) is 31.0. The molecule has 4 aromatic heterocycles. The highest BCUT2D eigenvalue weighted by Gasteiger charge is 2.27. The zero-order valence-corrected chi connectivity index (χ0v) is 64.0. The molecule has 0 aliphatic rings. The van der Waals surface area contributed by atoms with Crippen molar-refractivity contribution >= 4 is 165 Å². The lowest BCUT2D eigenvalue weighted by Gasteiger charge is -2.27. The van der Waals surface area contributed by atoms with Gasteiger partial charge in [-0.3, -0.25) is 0 Å². The highest BCUT2D eigenvalue weighted by molar-refractivity contribution is 6.24. The Balaban J connectivity index is 0.654. The molecule has 550 valence electrons. The normalized spacial score (nSPS) is 11.9. The standard InChI is InChI=1S/C112H70N4O2/c1-4-21-71(22-5-1)73-39-41-75(42-40-73)78-28-20-31-86(63-78)113(87-56-62-108-101(68-87)110-91-33-14-10-25-76(91)49-61-109(110)117-108)88-54-59-96-100-65-80(48-60-103(100)116(105(96)69-88)85-50-43-74(44-51-85)72-23-6-2-7-24-72)79-47-57-93-98(66-81-26-11-13-32-90(81)99(93)64-79)77-45-52-84(53-46-77)114(106-67-82-27-12-15-34-92(82)112-111(106)97-36-17-19-38-107(97)118-112)89-55-58-95-94-35-16-18-37-102(94)115(104(95)70-89)83-29-8-3-9-30-83/h1-70H. The average Bonchev–Trinajstić information content (AvgIpc) is 1.55. The van der Waals surface area contributed by atoms with Gasteiger partial charge in [-0.2, -0.15) is 0 Å². The first-order valence-corrected chi connectivity index (χ1v) is 40.4. The van der Waals surface area contributed by atoms with E-state index in [0.717, 1.165) is 172 Å². The molecule has 20 aromatic carbocycles. The molecule has 6 nitrogen and oxygen atoms in total. The number of nitrogens with zero attached hydrogens (tertiary/aromatic N) is 4. The van der Waals surface area contributed by atoms with Gasteiger partial charge in [0.15, 0.2) is 0 Å². The second-order valence-corrected chi connectivity index (χ2v) is 31.0. The van der Waals surface area contributed by atoms with E-state index in [0.29, 0.717) is 0 Å². The van der Waals surface area contributed by atoms with Gasteiger partial charge in [0, 0.05) is 82.9 Å². The third-order valence-corrected chi connectivity index (χ3v) is 24.4. The fourth-order valence-electron chi connectivity index (χ4n) is 18.9. The maximum Gasteiger partial charge on any atom is 0.145 e. The third kappa shape index (κ3) is 10.9. The van der Waals surface area contributed by atoms with Gasteiger partial charge < -0.3 is 27.8 Å². The van der Waals surface area contributed by atoms with E-state index in [4.69, 9.17) is 8.83 Å². The van der Waals surface area contributed by atoms with E-state index in [1.165, 1.54) is 60.0 Å². The van der Waals surface area contributed by atoms with E-state index in [9.17, 15) is 0 Å². The van der Waals surface area contributed by atoms with Crippen molar-refractivity contribution in [3.8, 4) is 67.0 Å². The molecule has 0 N–H and O–H groups in total. The molecule has 0 bridgehead atoms. The van der Waals surface area contributed by atoms with Crippen LogP contribution in [0, 0.1) is 0 Å². The lowest BCUT2D eigenvalue weighted by molar-refractivity contribution is 0.669. The molecule has 0 unspecified atom stereocenters. The van der Waals surface area contributed by atoms with Crippen molar-refractivity contribution in [3.63, 3.8) is 0 Å². The number of furan rings is 2. The number of hydrogen-bond donors (Lipinski definition) is 0. The van der Waals surface area contributed by atoms with Crippen molar-refractivity contribution in [2.75, 3.05) is 9.80 Å². The summed E-state index contributed by atoms with van der Waals surface area (Å²) in [4.78, 5) is 4.87. The van der Waals surface area contributed by atoms with Gasteiger partial charge in [-0.25, -0.2) is 0 Å². The van der Waals surface area contributed by atoms with Crippen molar-refractivity contribution < 1.29 is 8.83 Å². The van der Waals surface area contributed by atoms with Gasteiger partial charge in [0.2, 0.25) is 0 Å². The molecule has 0 fully saturated rings. The largest absolute Gasteiger partial charge is 0.456 e. The van der Waals surface area contributed by atoms with Crippen LogP contribution in [0.2, 0.25) is 0 Å². The SMILES string of the molecule is c1ccc(-c2ccc(-c3cccc(N(c4ccc5oc6ccc7ccccc7c6c5c4)c4ccc5c6cc(-c7ccc8c(-c9ccc(N(c%10ccc%11c%12ccccc%12n(-c%12ccccc%12)c%11c%10)c%10cc%11ccccc%11c%11oc%12ccccc%12c%10%11)cc9)cc9ccccc9c8c7)ccc6n(-c6ccc(-c7ccccc7)cc6)c5c4)c3)cc2)cc1. The first-order valence-electron chi connectivity index (χ1n) is 40.4. The van der Waals surface area contributed by atoms with Gasteiger partial charge >= 0.3 is 0 Å². The summed E-state index contributed by atoms with van der Waals surface area (Å²) in [5.74, 6) is 0. The summed E-state index contributed by atoms with van der Waals surface area (Å²) in [6.45, 7) is 0. The highest BCUT2D eigenvalue weighted by Crippen LogP contribution is 2.51. The molecule has 0 aliphatic heterocycles. The maximum atomic E-state index is 6.92. The van der Waals surface area contributed by atoms with Crippen LogP contribution in [0.5, 0.6) is 0 Å². The van der Waals surface area contributed by atoms with Crippen molar-refractivity contribution in [3.05, 3.63) is 425 Å². The molecule has 0 atom stereocenters. The van der Waals surface area contributed by atoms with E-state index in [1.807, 2.05) is 0 Å². The number of aromatic nitrogens is 2. The predicted molar refractivity (Wildman–Crippen MR) is 496 cm³/mol. The first kappa shape index (κ1) is 66.8. The van der Waals surface area contributed by atoms with Crippen LogP contribution in [0.1, 0.15) is 0 Å². The minimum absolute atomic E-state index is 0.847. The minimum Gasteiger partial charge on any atom is -0.456 e. The Morgan fingerprint density at radius 1 is 0.186 bits per heavy atom. The van der Waals surface area contributed by atoms with Crippen LogP contribution in [0.15, 0.2) is 433 Å². The summed E-state index contributed by atoms with van der Waals surface area (Å²) in [5, 5.41) is 18.3. The van der Waals surface area contributed by atoms with E-state index >= 15 is 0 Å². The monoisotopic (exact) mass is 1500 g/mol. The van der Waals surface area contributed by atoms with Crippen molar-refractivity contribution in [2.24, 2.45) is 0 Å². The summed E-state index contributed by atoms with van der Waals surface area (Å²) in [5.41, 5.74) is 27.8. The van der Waals surface area contributed by atoms with Gasteiger partial charge in [-0.05, 0) is 233 Å². The van der Waals surface area contributed by atoms with Gasteiger partial charge in [0.05, 0.1) is 33.1 Å². The Hall–Kier alpha value is -15.8. The topological polar surface area (TPSA) is 42.6 Å². The highest BCUT2D eigenvalue weighted by atomic mass is 16.3. The summed E-state index contributed by atoms with van der Waals surface area (Å²) in [6.07, 6.45) is 0. The molecule has 118 heavy (non-hydrogen) atoms. The van der Waals surface area contributed by atoms with E-state index in [2.05, 4.69) is 444 Å². The van der Waals surface area contributed by atoms with E-state index in [1.54, 1.807) is 0 Å². The number of para-hydroxylation sites is 3. The Labute approximate surface area is 679 Å². The number of rotatable bonds is 13. The first-order chi connectivity index (χ1) is 58.5. The van der Waals surface area contributed by atoms with Crippen LogP contribution in [-0.4, -0.2) is 9.13 Å². The van der Waals surface area contributed by atoms with E-state index < -0.39 is 0 Å². The molecule has 24 aromatic rings. The van der Waals surface area contributed by atoms with Crippen LogP contribution < -0.4 is 9.80 Å². The van der Waals surface area contributed by atoms with Crippen LogP contribution in [0.3, 0.4) is 0 Å². The number of fused-ring (bicyclic) bond motifs is 19. The molecule has 0 amide bonds. The Morgan fingerprint density at radius 2 is 0.644 bits per heavy atom. The number of hydrogen-bond acceptors (Lipinski definition) is 4. The van der Waals surface area contributed by atoms with Gasteiger partial charge in [0.1, 0.15) is 22.3 Å². The fraction of sp³-hybridized carbons (Fsp3) is 0. The van der Waals surface area contributed by atoms with Crippen molar-refractivity contribution in [2.45, 2.75) is 0 Å².